The zero-order valence-corrected chi connectivity index (χ0v) is 12.1. The second-order valence-electron chi connectivity index (χ2n) is 2.75. The molecule has 0 amide bonds. The molecular formula is C10H11KO4. The van der Waals surface area contributed by atoms with Crippen molar-refractivity contribution in [3.63, 3.8) is 0 Å². The first-order chi connectivity index (χ1) is 6.63. The van der Waals surface area contributed by atoms with Crippen molar-refractivity contribution in [1.82, 2.24) is 0 Å². The molecule has 0 heterocycles. The van der Waals surface area contributed by atoms with Gasteiger partial charge in [0, 0.05) is 0 Å². The second kappa shape index (κ2) is 7.24. The van der Waals surface area contributed by atoms with Crippen molar-refractivity contribution in [3.8, 4) is 11.5 Å². The molecule has 1 rings (SSSR count). The average molecular weight is 234 g/mol. The van der Waals surface area contributed by atoms with Crippen molar-refractivity contribution in [2.45, 2.75) is 13.0 Å². The summed E-state index contributed by atoms with van der Waals surface area (Å²) in [6.45, 7) is 1.42. The van der Waals surface area contributed by atoms with E-state index in [-0.39, 0.29) is 51.4 Å². The van der Waals surface area contributed by atoms with E-state index in [4.69, 9.17) is 9.47 Å². The Morgan fingerprint density at radius 3 is 2.13 bits per heavy atom. The predicted molar refractivity (Wildman–Crippen MR) is 48.1 cm³/mol. The van der Waals surface area contributed by atoms with Crippen LogP contribution in [-0.4, -0.2) is 19.2 Å². The third kappa shape index (κ3) is 4.99. The zero-order chi connectivity index (χ0) is 10.6. The van der Waals surface area contributed by atoms with Gasteiger partial charge in [0.2, 0.25) is 0 Å². The summed E-state index contributed by atoms with van der Waals surface area (Å²) in [6, 6.07) is 6.66. The fraction of sp³-hybridized carbons (Fsp3) is 0.300. The Balaban J connectivity index is 0.00000196. The fourth-order valence-electron chi connectivity index (χ4n) is 0.907. The molecule has 0 spiro atoms. The number of rotatable bonds is 4. The van der Waals surface area contributed by atoms with Crippen LogP contribution in [0.3, 0.4) is 0 Å². The Labute approximate surface area is 131 Å². The van der Waals surface area contributed by atoms with Crippen LogP contribution >= 0.6 is 0 Å². The summed E-state index contributed by atoms with van der Waals surface area (Å²) in [5, 5.41) is 10.4. The largest absolute Gasteiger partial charge is 1.00 e. The van der Waals surface area contributed by atoms with E-state index >= 15 is 0 Å². The van der Waals surface area contributed by atoms with Crippen LogP contribution in [0, 0.1) is 0 Å². The molecule has 0 N–H and O–H groups in total. The molecule has 1 atom stereocenters. The number of benzene rings is 1. The Bertz CT molecular complexity index is 310. The molecule has 4 nitrogen and oxygen atoms in total. The minimum Gasteiger partial charge on any atom is -0.546 e. The van der Waals surface area contributed by atoms with E-state index in [0.29, 0.717) is 11.5 Å². The third-order valence-corrected chi connectivity index (χ3v) is 1.70. The molecule has 15 heavy (non-hydrogen) atoms. The summed E-state index contributed by atoms with van der Waals surface area (Å²) in [5.74, 6) is -0.0678. The number of carbonyl (C=O) groups is 1. The molecule has 5 heteroatoms. The molecule has 0 aliphatic heterocycles. The molecule has 0 radical (unpaired) electrons. The van der Waals surface area contributed by atoms with E-state index in [1.807, 2.05) is 0 Å². The van der Waals surface area contributed by atoms with Gasteiger partial charge in [-0.15, -0.1) is 0 Å². The minimum absolute atomic E-state index is 0. The molecule has 76 valence electrons. The fourth-order valence-corrected chi connectivity index (χ4v) is 0.907. The molecule has 1 unspecified atom stereocenters. The molecule has 0 aliphatic carbocycles. The van der Waals surface area contributed by atoms with E-state index in [9.17, 15) is 9.90 Å². The smallest absolute Gasteiger partial charge is 0.546 e. The van der Waals surface area contributed by atoms with Crippen molar-refractivity contribution < 1.29 is 70.8 Å². The second-order valence-corrected chi connectivity index (χ2v) is 2.75. The number of hydrogen-bond donors (Lipinski definition) is 0. The van der Waals surface area contributed by atoms with Crippen LogP contribution in [-0.2, 0) is 4.79 Å². The Morgan fingerprint density at radius 2 is 1.73 bits per heavy atom. The van der Waals surface area contributed by atoms with Crippen LogP contribution in [0.5, 0.6) is 11.5 Å². The van der Waals surface area contributed by atoms with Crippen LogP contribution in [0.15, 0.2) is 24.3 Å². The van der Waals surface area contributed by atoms with E-state index in [1.165, 1.54) is 6.92 Å². The summed E-state index contributed by atoms with van der Waals surface area (Å²) >= 11 is 0. The molecule has 0 fully saturated rings. The first-order valence-corrected chi connectivity index (χ1v) is 4.15. The van der Waals surface area contributed by atoms with Gasteiger partial charge in [0.15, 0.2) is 0 Å². The van der Waals surface area contributed by atoms with Crippen LogP contribution in [0.2, 0.25) is 0 Å². The van der Waals surface area contributed by atoms with Crippen molar-refractivity contribution in [2.24, 2.45) is 0 Å². The quantitative estimate of drug-likeness (QED) is 0.529. The summed E-state index contributed by atoms with van der Waals surface area (Å²) in [5.41, 5.74) is 0. The number of aliphatic carboxylic acids is 1. The van der Waals surface area contributed by atoms with Gasteiger partial charge in [-0.1, -0.05) is 0 Å². The average Bonchev–Trinajstić information content (AvgIpc) is 2.19. The number of carboxylic acids is 1. The number of ether oxygens (including phenoxy) is 2. The number of hydrogen-bond acceptors (Lipinski definition) is 4. The van der Waals surface area contributed by atoms with E-state index in [2.05, 4.69) is 0 Å². The van der Waals surface area contributed by atoms with Crippen LogP contribution in [0.4, 0.5) is 0 Å². The van der Waals surface area contributed by atoms with Gasteiger partial charge in [0.25, 0.3) is 0 Å². The minimum atomic E-state index is -1.24. The normalized spacial score (nSPS) is 11.1. The SMILES string of the molecule is COc1ccc(OC(C)C(=O)[O-])cc1.[K+]. The maximum atomic E-state index is 10.4. The zero-order valence-electron chi connectivity index (χ0n) is 9.02. The molecule has 0 saturated heterocycles. The molecule has 1 aromatic rings. The third-order valence-electron chi connectivity index (χ3n) is 1.70. The molecule has 0 saturated carbocycles. The summed E-state index contributed by atoms with van der Waals surface area (Å²) in [6.07, 6.45) is -0.955. The first-order valence-electron chi connectivity index (χ1n) is 4.15. The van der Waals surface area contributed by atoms with Gasteiger partial charge in [-0.2, -0.15) is 0 Å². The van der Waals surface area contributed by atoms with E-state index in [1.54, 1.807) is 31.4 Å². The van der Waals surface area contributed by atoms with Crippen molar-refractivity contribution in [1.29, 1.82) is 0 Å². The van der Waals surface area contributed by atoms with E-state index < -0.39 is 12.1 Å². The standard InChI is InChI=1S/C10H12O4.K/c1-7(10(11)12)14-9-5-3-8(13-2)4-6-9;/h3-7H,1-2H3,(H,11,12);/q;+1/p-1. The summed E-state index contributed by atoms with van der Waals surface area (Å²) in [4.78, 5) is 10.4. The van der Waals surface area contributed by atoms with Crippen molar-refractivity contribution in [2.75, 3.05) is 7.11 Å². The van der Waals surface area contributed by atoms with Crippen LogP contribution in [0.25, 0.3) is 0 Å². The Hall–Kier alpha value is -0.0736. The first kappa shape index (κ1) is 14.9. The molecule has 0 aromatic heterocycles. The predicted octanol–water partition coefficient (Wildman–Crippen LogP) is -2.78. The van der Waals surface area contributed by atoms with Gasteiger partial charge < -0.3 is 19.4 Å². The number of carbonyl (C=O) groups excluding carboxylic acids is 1. The number of carboxylic acid groups (broad SMARTS) is 1. The van der Waals surface area contributed by atoms with Gasteiger partial charge in [-0.3, -0.25) is 0 Å². The van der Waals surface area contributed by atoms with Gasteiger partial charge in [0.05, 0.1) is 13.1 Å². The van der Waals surface area contributed by atoms with Gasteiger partial charge in [-0.25, -0.2) is 0 Å². The molecule has 0 aliphatic rings. The van der Waals surface area contributed by atoms with Gasteiger partial charge in [0.1, 0.15) is 17.6 Å². The van der Waals surface area contributed by atoms with Crippen LogP contribution in [0.1, 0.15) is 6.92 Å². The Kier molecular flexibility index (Phi) is 7.21. The maximum absolute atomic E-state index is 10.4. The topological polar surface area (TPSA) is 58.6 Å². The summed E-state index contributed by atoms with van der Waals surface area (Å²) in [7, 11) is 1.56. The summed E-state index contributed by atoms with van der Waals surface area (Å²) < 4.78 is 10.00. The van der Waals surface area contributed by atoms with Crippen molar-refractivity contribution in [3.05, 3.63) is 24.3 Å². The van der Waals surface area contributed by atoms with Crippen LogP contribution < -0.4 is 66.0 Å². The maximum Gasteiger partial charge on any atom is 1.00 e. The molecular weight excluding hydrogens is 223 g/mol. The van der Waals surface area contributed by atoms with Gasteiger partial charge >= 0.3 is 51.4 Å². The monoisotopic (exact) mass is 234 g/mol. The van der Waals surface area contributed by atoms with Gasteiger partial charge in [-0.05, 0) is 31.2 Å². The van der Waals surface area contributed by atoms with E-state index in [0.717, 1.165) is 0 Å². The number of methoxy groups -OCH3 is 1. The molecule has 0 bridgehead atoms. The molecule has 1 aromatic carbocycles. The van der Waals surface area contributed by atoms with Crippen molar-refractivity contribution >= 4 is 5.97 Å². The Morgan fingerprint density at radius 1 is 1.27 bits per heavy atom.